The molecule has 0 radical (unpaired) electrons. The minimum absolute atomic E-state index is 0.313. The molecule has 0 aliphatic rings. The summed E-state index contributed by atoms with van der Waals surface area (Å²) in [5, 5.41) is 4.54. The largest absolute Gasteiger partial charge is 0.384 e. The summed E-state index contributed by atoms with van der Waals surface area (Å²) in [5.41, 5.74) is 8.19. The molecule has 5 nitrogen and oxygen atoms in total. The topological polar surface area (TPSA) is 62.3 Å². The van der Waals surface area contributed by atoms with Crippen molar-refractivity contribution < 1.29 is 9.47 Å². The van der Waals surface area contributed by atoms with Crippen molar-refractivity contribution >= 4 is 5.82 Å². The van der Waals surface area contributed by atoms with Crippen LogP contribution in [0.5, 0.6) is 0 Å². The van der Waals surface area contributed by atoms with E-state index in [1.54, 1.807) is 4.68 Å². The lowest BCUT2D eigenvalue weighted by molar-refractivity contribution is -0.144. The van der Waals surface area contributed by atoms with Crippen molar-refractivity contribution in [3.8, 4) is 0 Å². The van der Waals surface area contributed by atoms with E-state index < -0.39 is 0 Å². The van der Waals surface area contributed by atoms with Gasteiger partial charge < -0.3 is 15.2 Å². The van der Waals surface area contributed by atoms with Crippen molar-refractivity contribution in [3.05, 3.63) is 47.7 Å². The average Bonchev–Trinajstić information content (AvgIpc) is 2.80. The third-order valence-corrected chi connectivity index (χ3v) is 3.12. The molecular weight excluding hydrogens is 266 g/mol. The molecule has 1 heterocycles. The molecule has 0 bridgehead atoms. The van der Waals surface area contributed by atoms with Crippen molar-refractivity contribution in [3.63, 3.8) is 0 Å². The Morgan fingerprint density at radius 1 is 1.14 bits per heavy atom. The van der Waals surface area contributed by atoms with Crippen molar-refractivity contribution in [1.82, 2.24) is 9.78 Å². The van der Waals surface area contributed by atoms with E-state index in [0.717, 1.165) is 12.1 Å². The van der Waals surface area contributed by atoms with E-state index in [2.05, 4.69) is 17.2 Å². The standard InChI is InChI=1S/C16H23N3O2/c1-3-20-16(21-4-2)12-19-15(17)11-14(18-19)10-13-8-6-5-7-9-13/h5-9,11,16H,3-4,10,12,17H2,1-2H3. The zero-order valence-corrected chi connectivity index (χ0v) is 12.7. The van der Waals surface area contributed by atoms with Gasteiger partial charge in [-0.15, -0.1) is 0 Å². The van der Waals surface area contributed by atoms with Gasteiger partial charge in [0.1, 0.15) is 5.82 Å². The molecule has 5 heteroatoms. The van der Waals surface area contributed by atoms with E-state index in [1.807, 2.05) is 38.1 Å². The first-order valence-corrected chi connectivity index (χ1v) is 7.32. The van der Waals surface area contributed by atoms with E-state index in [0.29, 0.717) is 25.6 Å². The summed E-state index contributed by atoms with van der Waals surface area (Å²) < 4.78 is 12.8. The van der Waals surface area contributed by atoms with Gasteiger partial charge in [0, 0.05) is 25.7 Å². The monoisotopic (exact) mass is 289 g/mol. The highest BCUT2D eigenvalue weighted by atomic mass is 16.7. The second-order valence-electron chi connectivity index (χ2n) is 4.75. The predicted molar refractivity (Wildman–Crippen MR) is 82.9 cm³/mol. The number of anilines is 1. The SMILES string of the molecule is CCOC(Cn1nc(Cc2ccccc2)cc1N)OCC. The lowest BCUT2D eigenvalue weighted by Crippen LogP contribution is -2.25. The summed E-state index contributed by atoms with van der Waals surface area (Å²) in [6.07, 6.45) is 0.457. The van der Waals surface area contributed by atoms with Crippen LogP contribution in [0.3, 0.4) is 0 Å². The van der Waals surface area contributed by atoms with Gasteiger partial charge in [-0.2, -0.15) is 5.10 Å². The second kappa shape index (κ2) is 7.81. The van der Waals surface area contributed by atoms with Gasteiger partial charge in [-0.1, -0.05) is 30.3 Å². The predicted octanol–water partition coefficient (Wildman–Crippen LogP) is 2.46. The number of nitrogens with zero attached hydrogens (tertiary/aromatic N) is 2. The van der Waals surface area contributed by atoms with Crippen LogP contribution in [0.2, 0.25) is 0 Å². The maximum absolute atomic E-state index is 6.02. The molecule has 2 aromatic rings. The van der Waals surface area contributed by atoms with Gasteiger partial charge in [0.2, 0.25) is 0 Å². The second-order valence-corrected chi connectivity index (χ2v) is 4.75. The molecule has 0 atom stereocenters. The molecule has 0 saturated carbocycles. The smallest absolute Gasteiger partial charge is 0.177 e. The lowest BCUT2D eigenvalue weighted by Gasteiger charge is -2.17. The fourth-order valence-electron chi connectivity index (χ4n) is 2.19. The zero-order chi connectivity index (χ0) is 15.1. The molecule has 0 fully saturated rings. The normalized spacial score (nSPS) is 11.2. The van der Waals surface area contributed by atoms with Crippen LogP contribution in [0.15, 0.2) is 36.4 Å². The fraction of sp³-hybridized carbons (Fsp3) is 0.438. The molecule has 114 valence electrons. The van der Waals surface area contributed by atoms with Gasteiger partial charge in [0.25, 0.3) is 0 Å². The Kier molecular flexibility index (Phi) is 5.78. The van der Waals surface area contributed by atoms with E-state index in [-0.39, 0.29) is 6.29 Å². The van der Waals surface area contributed by atoms with Crippen molar-refractivity contribution in [1.29, 1.82) is 0 Å². The van der Waals surface area contributed by atoms with Crippen LogP contribution in [0, 0.1) is 0 Å². The Labute approximate surface area is 125 Å². The van der Waals surface area contributed by atoms with Gasteiger partial charge in [-0.05, 0) is 19.4 Å². The van der Waals surface area contributed by atoms with E-state index in [9.17, 15) is 0 Å². The summed E-state index contributed by atoms with van der Waals surface area (Å²) >= 11 is 0. The molecule has 2 N–H and O–H groups in total. The molecule has 0 aliphatic carbocycles. The molecule has 2 rings (SSSR count). The third kappa shape index (κ3) is 4.58. The van der Waals surface area contributed by atoms with Gasteiger partial charge in [-0.25, -0.2) is 4.68 Å². The van der Waals surface area contributed by atoms with Crippen molar-refractivity contribution in [2.45, 2.75) is 33.1 Å². The molecule has 0 unspecified atom stereocenters. The molecule has 21 heavy (non-hydrogen) atoms. The number of ether oxygens (including phenoxy) is 2. The molecule has 0 spiro atoms. The van der Waals surface area contributed by atoms with Crippen LogP contribution in [-0.2, 0) is 22.4 Å². The summed E-state index contributed by atoms with van der Waals surface area (Å²) in [6.45, 7) is 5.59. The highest BCUT2D eigenvalue weighted by molar-refractivity contribution is 5.33. The molecule has 0 amide bonds. The molecule has 0 aliphatic heterocycles. The number of nitrogen functional groups attached to an aromatic ring is 1. The Hall–Kier alpha value is -1.85. The first-order chi connectivity index (χ1) is 10.2. The highest BCUT2D eigenvalue weighted by Crippen LogP contribution is 2.13. The minimum Gasteiger partial charge on any atom is -0.384 e. The number of hydrogen-bond donors (Lipinski definition) is 1. The van der Waals surface area contributed by atoms with Gasteiger partial charge in [0.05, 0.1) is 12.2 Å². The maximum atomic E-state index is 6.02. The molecule has 0 saturated heterocycles. The summed E-state index contributed by atoms with van der Waals surface area (Å²) in [4.78, 5) is 0. The summed E-state index contributed by atoms with van der Waals surface area (Å²) in [7, 11) is 0. The lowest BCUT2D eigenvalue weighted by atomic mass is 10.1. The van der Waals surface area contributed by atoms with Gasteiger partial charge >= 0.3 is 0 Å². The maximum Gasteiger partial charge on any atom is 0.177 e. The number of aromatic nitrogens is 2. The van der Waals surface area contributed by atoms with Crippen molar-refractivity contribution in [2.75, 3.05) is 18.9 Å². The van der Waals surface area contributed by atoms with E-state index >= 15 is 0 Å². The van der Waals surface area contributed by atoms with Crippen LogP contribution < -0.4 is 5.73 Å². The van der Waals surface area contributed by atoms with E-state index in [1.165, 1.54) is 5.56 Å². The van der Waals surface area contributed by atoms with Crippen LogP contribution in [0.4, 0.5) is 5.82 Å². The van der Waals surface area contributed by atoms with Crippen LogP contribution >= 0.6 is 0 Å². The highest BCUT2D eigenvalue weighted by Gasteiger charge is 2.13. The Balaban J connectivity index is 2.04. The Morgan fingerprint density at radius 2 is 1.81 bits per heavy atom. The van der Waals surface area contributed by atoms with E-state index in [4.69, 9.17) is 15.2 Å². The number of hydrogen-bond acceptors (Lipinski definition) is 4. The number of benzene rings is 1. The van der Waals surface area contributed by atoms with Crippen molar-refractivity contribution in [2.24, 2.45) is 0 Å². The molecule has 1 aromatic heterocycles. The van der Waals surface area contributed by atoms with Gasteiger partial charge in [-0.3, -0.25) is 0 Å². The Bertz CT molecular complexity index is 534. The fourth-order valence-corrected chi connectivity index (χ4v) is 2.19. The molecule has 1 aromatic carbocycles. The summed E-state index contributed by atoms with van der Waals surface area (Å²) in [5.74, 6) is 0.630. The third-order valence-electron chi connectivity index (χ3n) is 3.12. The van der Waals surface area contributed by atoms with Crippen LogP contribution in [0.25, 0.3) is 0 Å². The number of rotatable bonds is 8. The first-order valence-electron chi connectivity index (χ1n) is 7.32. The first kappa shape index (κ1) is 15.5. The van der Waals surface area contributed by atoms with Gasteiger partial charge in [0.15, 0.2) is 6.29 Å². The van der Waals surface area contributed by atoms with Crippen LogP contribution in [-0.4, -0.2) is 29.3 Å². The molecular formula is C16H23N3O2. The Morgan fingerprint density at radius 3 is 2.43 bits per heavy atom. The number of nitrogens with two attached hydrogens (primary N) is 1. The minimum atomic E-state index is -0.313. The average molecular weight is 289 g/mol. The quantitative estimate of drug-likeness (QED) is 0.758. The zero-order valence-electron chi connectivity index (χ0n) is 12.7. The summed E-state index contributed by atoms with van der Waals surface area (Å²) in [6, 6.07) is 12.1. The van der Waals surface area contributed by atoms with Crippen LogP contribution in [0.1, 0.15) is 25.1 Å².